The van der Waals surface area contributed by atoms with Crippen molar-refractivity contribution < 1.29 is 14.3 Å². The maximum absolute atomic E-state index is 11.7. The van der Waals surface area contributed by atoms with E-state index in [0.29, 0.717) is 24.5 Å². The average Bonchev–Trinajstić information content (AvgIpc) is 2.73. The highest BCUT2D eigenvalue weighted by Gasteiger charge is 2.22. The molecule has 2 aromatic heterocycles. The Balaban J connectivity index is 1.51. The number of anilines is 1. The Kier molecular flexibility index (Phi) is 4.65. The maximum atomic E-state index is 11.7. The van der Waals surface area contributed by atoms with Crippen molar-refractivity contribution in [3.05, 3.63) is 66.1 Å². The van der Waals surface area contributed by atoms with E-state index >= 15 is 0 Å². The summed E-state index contributed by atoms with van der Waals surface area (Å²) < 4.78 is 10.6. The zero-order valence-electron chi connectivity index (χ0n) is 14.8. The summed E-state index contributed by atoms with van der Waals surface area (Å²) in [6.45, 7) is 0.491. The van der Waals surface area contributed by atoms with Crippen LogP contribution in [0, 0.1) is 0 Å². The van der Waals surface area contributed by atoms with E-state index in [1.54, 1.807) is 30.7 Å². The molecule has 7 heteroatoms. The summed E-state index contributed by atoms with van der Waals surface area (Å²) in [5.74, 6) is 0.948. The number of aromatic nitrogens is 3. The molecule has 0 spiro atoms. The molecule has 1 aliphatic rings. The molecule has 136 valence electrons. The van der Waals surface area contributed by atoms with Crippen LogP contribution in [0.1, 0.15) is 15.9 Å². The number of carbonyl (C=O) groups is 1. The van der Waals surface area contributed by atoms with Crippen LogP contribution >= 0.6 is 0 Å². The average molecular weight is 362 g/mol. The molecule has 3 aromatic rings. The van der Waals surface area contributed by atoms with Crippen LogP contribution in [0.3, 0.4) is 0 Å². The number of methoxy groups -OCH3 is 1. The van der Waals surface area contributed by atoms with Crippen LogP contribution in [0.25, 0.3) is 11.3 Å². The van der Waals surface area contributed by atoms with Crippen LogP contribution in [-0.2, 0) is 11.2 Å². The minimum absolute atomic E-state index is 0.00505. The van der Waals surface area contributed by atoms with Crippen LogP contribution in [0.4, 0.5) is 5.95 Å². The molecule has 1 aliphatic heterocycles. The van der Waals surface area contributed by atoms with Crippen molar-refractivity contribution in [2.45, 2.75) is 12.5 Å². The molecule has 0 saturated carbocycles. The van der Waals surface area contributed by atoms with Gasteiger partial charge in [-0.1, -0.05) is 0 Å². The number of ether oxygens (including phenoxy) is 2. The first-order chi connectivity index (χ1) is 13.2. The van der Waals surface area contributed by atoms with Crippen molar-refractivity contribution in [3.8, 4) is 17.0 Å². The van der Waals surface area contributed by atoms with Gasteiger partial charge in [-0.15, -0.1) is 0 Å². The SMILES string of the molecule is COC(=O)c1ccc2c(c1)CC(Nc1nccc(-c3cccnc3)n1)CO2. The number of nitrogens with zero attached hydrogens (tertiary/aromatic N) is 3. The first-order valence-electron chi connectivity index (χ1n) is 8.57. The monoisotopic (exact) mass is 362 g/mol. The summed E-state index contributed by atoms with van der Waals surface area (Å²) in [5.41, 5.74) is 3.18. The van der Waals surface area contributed by atoms with Crippen LogP contribution in [0.2, 0.25) is 0 Å². The van der Waals surface area contributed by atoms with E-state index in [9.17, 15) is 4.79 Å². The molecule has 1 unspecified atom stereocenters. The van der Waals surface area contributed by atoms with Gasteiger partial charge in [-0.2, -0.15) is 0 Å². The molecule has 1 aromatic carbocycles. The van der Waals surface area contributed by atoms with E-state index in [2.05, 4.69) is 20.3 Å². The highest BCUT2D eigenvalue weighted by atomic mass is 16.5. The number of fused-ring (bicyclic) bond motifs is 1. The highest BCUT2D eigenvalue weighted by Crippen LogP contribution is 2.27. The van der Waals surface area contributed by atoms with Gasteiger partial charge in [-0.25, -0.2) is 14.8 Å². The van der Waals surface area contributed by atoms with Gasteiger partial charge in [0, 0.05) is 24.2 Å². The zero-order chi connectivity index (χ0) is 18.6. The van der Waals surface area contributed by atoms with Gasteiger partial charge >= 0.3 is 5.97 Å². The fourth-order valence-electron chi connectivity index (χ4n) is 3.02. The Morgan fingerprint density at radius 1 is 1.26 bits per heavy atom. The van der Waals surface area contributed by atoms with Crippen molar-refractivity contribution in [2.24, 2.45) is 0 Å². The summed E-state index contributed by atoms with van der Waals surface area (Å²) in [4.78, 5) is 24.7. The summed E-state index contributed by atoms with van der Waals surface area (Å²) in [7, 11) is 1.37. The van der Waals surface area contributed by atoms with Gasteiger partial charge in [-0.3, -0.25) is 4.98 Å². The van der Waals surface area contributed by atoms with Crippen molar-refractivity contribution in [1.29, 1.82) is 0 Å². The Morgan fingerprint density at radius 2 is 2.19 bits per heavy atom. The molecule has 4 rings (SSSR count). The molecular weight excluding hydrogens is 344 g/mol. The first-order valence-corrected chi connectivity index (χ1v) is 8.57. The normalized spacial score (nSPS) is 15.4. The minimum atomic E-state index is -0.361. The molecule has 1 N–H and O–H groups in total. The quantitative estimate of drug-likeness (QED) is 0.714. The first kappa shape index (κ1) is 17.0. The van der Waals surface area contributed by atoms with Gasteiger partial charge in [0.2, 0.25) is 5.95 Å². The number of carbonyl (C=O) groups excluding carboxylic acids is 1. The summed E-state index contributed by atoms with van der Waals surface area (Å²) in [6.07, 6.45) is 5.90. The molecule has 0 fully saturated rings. The third-order valence-electron chi connectivity index (χ3n) is 4.33. The van der Waals surface area contributed by atoms with E-state index in [0.717, 1.165) is 22.6 Å². The van der Waals surface area contributed by atoms with Crippen LogP contribution in [0.5, 0.6) is 5.75 Å². The maximum Gasteiger partial charge on any atom is 0.337 e. The third kappa shape index (κ3) is 3.72. The number of esters is 1. The van der Waals surface area contributed by atoms with Crippen LogP contribution < -0.4 is 10.1 Å². The van der Waals surface area contributed by atoms with Crippen molar-refractivity contribution in [2.75, 3.05) is 19.0 Å². The van der Waals surface area contributed by atoms with E-state index < -0.39 is 0 Å². The number of rotatable bonds is 4. The number of hydrogen-bond acceptors (Lipinski definition) is 7. The van der Waals surface area contributed by atoms with E-state index in [1.807, 2.05) is 24.3 Å². The van der Waals surface area contributed by atoms with E-state index in [4.69, 9.17) is 9.47 Å². The fourth-order valence-corrected chi connectivity index (χ4v) is 3.02. The largest absolute Gasteiger partial charge is 0.491 e. The standard InChI is InChI=1S/C20H18N4O3/c1-26-19(25)13-4-5-18-15(9-13)10-16(12-27-18)23-20-22-8-6-17(24-20)14-3-2-7-21-11-14/h2-9,11,16H,10,12H2,1H3,(H,22,23,24). The van der Waals surface area contributed by atoms with Gasteiger partial charge in [0.05, 0.1) is 24.4 Å². The van der Waals surface area contributed by atoms with Gasteiger partial charge in [-0.05, 0) is 48.4 Å². The lowest BCUT2D eigenvalue weighted by molar-refractivity contribution is 0.0600. The van der Waals surface area contributed by atoms with Gasteiger partial charge in [0.25, 0.3) is 0 Å². The Hall–Kier alpha value is -3.48. The Labute approximate surface area is 156 Å². The number of benzene rings is 1. The molecule has 7 nitrogen and oxygen atoms in total. The topological polar surface area (TPSA) is 86.2 Å². The van der Waals surface area contributed by atoms with Crippen LogP contribution in [0.15, 0.2) is 55.0 Å². The molecule has 0 radical (unpaired) electrons. The second-order valence-corrected chi connectivity index (χ2v) is 6.18. The molecule has 0 aliphatic carbocycles. The zero-order valence-corrected chi connectivity index (χ0v) is 14.8. The summed E-state index contributed by atoms with van der Waals surface area (Å²) >= 11 is 0. The molecule has 1 atom stereocenters. The smallest absolute Gasteiger partial charge is 0.337 e. The lowest BCUT2D eigenvalue weighted by Crippen LogP contribution is -2.33. The fraction of sp³-hybridized carbons (Fsp3) is 0.200. The Morgan fingerprint density at radius 3 is 3.00 bits per heavy atom. The second kappa shape index (κ2) is 7.41. The van der Waals surface area contributed by atoms with Crippen molar-refractivity contribution >= 4 is 11.9 Å². The lowest BCUT2D eigenvalue weighted by Gasteiger charge is -2.26. The Bertz CT molecular complexity index is 962. The number of hydrogen-bond donors (Lipinski definition) is 1. The van der Waals surface area contributed by atoms with Crippen molar-refractivity contribution in [1.82, 2.24) is 15.0 Å². The third-order valence-corrected chi connectivity index (χ3v) is 4.33. The highest BCUT2D eigenvalue weighted by molar-refractivity contribution is 5.89. The molecule has 0 bridgehead atoms. The van der Waals surface area contributed by atoms with E-state index in [1.165, 1.54) is 7.11 Å². The van der Waals surface area contributed by atoms with Gasteiger partial charge in [0.15, 0.2) is 0 Å². The molecule has 0 saturated heterocycles. The van der Waals surface area contributed by atoms with E-state index in [-0.39, 0.29) is 12.0 Å². The summed E-state index contributed by atoms with van der Waals surface area (Å²) in [6, 6.07) is 11.0. The minimum Gasteiger partial charge on any atom is -0.491 e. The predicted octanol–water partition coefficient (Wildman–Crippen LogP) is 2.74. The molecular formula is C20H18N4O3. The van der Waals surface area contributed by atoms with Crippen molar-refractivity contribution in [3.63, 3.8) is 0 Å². The van der Waals surface area contributed by atoms with Gasteiger partial charge < -0.3 is 14.8 Å². The molecule has 3 heterocycles. The predicted molar refractivity (Wildman–Crippen MR) is 99.7 cm³/mol. The number of nitrogens with one attached hydrogen (secondary N) is 1. The molecule has 0 amide bonds. The van der Waals surface area contributed by atoms with Crippen LogP contribution in [-0.4, -0.2) is 40.7 Å². The van der Waals surface area contributed by atoms with Gasteiger partial charge in [0.1, 0.15) is 12.4 Å². The molecule has 27 heavy (non-hydrogen) atoms. The summed E-state index contributed by atoms with van der Waals surface area (Å²) in [5, 5.41) is 3.31. The lowest BCUT2D eigenvalue weighted by atomic mass is 10.0. The number of pyridine rings is 1. The second-order valence-electron chi connectivity index (χ2n) is 6.18.